The lowest BCUT2D eigenvalue weighted by molar-refractivity contribution is -0.131. The van der Waals surface area contributed by atoms with E-state index in [0.29, 0.717) is 5.92 Å². The SMILES string of the molecule is O=C(O)C=Cc1cccc(C2CCCCC2)c1. The summed E-state index contributed by atoms with van der Waals surface area (Å²) in [6.07, 6.45) is 9.39. The largest absolute Gasteiger partial charge is 0.478 e. The normalized spacial score (nSPS) is 17.4. The number of hydrogen-bond acceptors (Lipinski definition) is 1. The van der Waals surface area contributed by atoms with Gasteiger partial charge in [0, 0.05) is 6.08 Å². The first-order chi connectivity index (χ1) is 8.25. The summed E-state index contributed by atoms with van der Waals surface area (Å²) in [5.74, 6) is -0.227. The van der Waals surface area contributed by atoms with Gasteiger partial charge in [0.1, 0.15) is 0 Å². The Morgan fingerprint density at radius 3 is 2.71 bits per heavy atom. The van der Waals surface area contributed by atoms with Crippen molar-refractivity contribution in [3.05, 3.63) is 41.5 Å². The Labute approximate surface area is 102 Å². The van der Waals surface area contributed by atoms with Gasteiger partial charge >= 0.3 is 5.97 Å². The standard InChI is InChI=1S/C15H18O2/c16-15(17)10-9-12-5-4-8-14(11-12)13-6-2-1-3-7-13/h4-5,8-11,13H,1-3,6-7H2,(H,16,17). The lowest BCUT2D eigenvalue weighted by atomic mass is 9.83. The van der Waals surface area contributed by atoms with Gasteiger partial charge in [0.25, 0.3) is 0 Å². The zero-order valence-corrected chi connectivity index (χ0v) is 9.93. The van der Waals surface area contributed by atoms with Crippen LogP contribution in [0, 0.1) is 0 Å². The second-order valence-corrected chi connectivity index (χ2v) is 4.68. The van der Waals surface area contributed by atoms with E-state index in [2.05, 4.69) is 12.1 Å². The van der Waals surface area contributed by atoms with Crippen LogP contribution in [0.5, 0.6) is 0 Å². The highest BCUT2D eigenvalue weighted by Crippen LogP contribution is 2.32. The molecule has 0 atom stereocenters. The van der Waals surface area contributed by atoms with Crippen LogP contribution < -0.4 is 0 Å². The lowest BCUT2D eigenvalue weighted by Gasteiger charge is -2.22. The van der Waals surface area contributed by atoms with Gasteiger partial charge in [-0.2, -0.15) is 0 Å². The first-order valence-electron chi connectivity index (χ1n) is 6.26. The van der Waals surface area contributed by atoms with E-state index in [-0.39, 0.29) is 0 Å². The third kappa shape index (κ3) is 3.45. The van der Waals surface area contributed by atoms with E-state index in [4.69, 9.17) is 5.11 Å². The molecular weight excluding hydrogens is 212 g/mol. The molecule has 0 unspecified atom stereocenters. The Kier molecular flexibility index (Phi) is 3.97. The zero-order valence-electron chi connectivity index (χ0n) is 9.93. The third-order valence-corrected chi connectivity index (χ3v) is 3.41. The van der Waals surface area contributed by atoms with Crippen LogP contribution in [0.15, 0.2) is 30.3 Å². The molecule has 0 amide bonds. The lowest BCUT2D eigenvalue weighted by Crippen LogP contribution is -2.04. The number of carboxylic acid groups (broad SMARTS) is 1. The molecule has 0 bridgehead atoms. The summed E-state index contributed by atoms with van der Waals surface area (Å²) in [6, 6.07) is 8.25. The van der Waals surface area contributed by atoms with Gasteiger partial charge < -0.3 is 5.11 Å². The molecule has 17 heavy (non-hydrogen) atoms. The minimum absolute atomic E-state index is 0.668. The van der Waals surface area contributed by atoms with Crippen LogP contribution in [-0.4, -0.2) is 11.1 Å². The van der Waals surface area contributed by atoms with Crippen molar-refractivity contribution in [1.82, 2.24) is 0 Å². The number of aliphatic carboxylic acids is 1. The second kappa shape index (κ2) is 5.67. The van der Waals surface area contributed by atoms with E-state index in [0.717, 1.165) is 5.56 Å². The Balaban J connectivity index is 2.12. The zero-order chi connectivity index (χ0) is 12.1. The number of benzene rings is 1. The smallest absolute Gasteiger partial charge is 0.328 e. The summed E-state index contributed by atoms with van der Waals surface area (Å²) in [5.41, 5.74) is 2.34. The second-order valence-electron chi connectivity index (χ2n) is 4.68. The predicted octanol–water partition coefficient (Wildman–Crippen LogP) is 3.83. The van der Waals surface area contributed by atoms with E-state index in [1.54, 1.807) is 6.08 Å². The maximum Gasteiger partial charge on any atom is 0.328 e. The fourth-order valence-electron chi connectivity index (χ4n) is 2.52. The summed E-state index contributed by atoms with van der Waals surface area (Å²) in [7, 11) is 0. The fourth-order valence-corrected chi connectivity index (χ4v) is 2.52. The maximum absolute atomic E-state index is 10.5. The summed E-state index contributed by atoms with van der Waals surface area (Å²) >= 11 is 0. The number of carboxylic acids is 1. The predicted molar refractivity (Wildman–Crippen MR) is 68.9 cm³/mol. The molecule has 0 aromatic heterocycles. The van der Waals surface area contributed by atoms with Gasteiger partial charge in [-0.3, -0.25) is 0 Å². The van der Waals surface area contributed by atoms with Crippen LogP contribution in [0.3, 0.4) is 0 Å². The highest BCUT2D eigenvalue weighted by molar-refractivity contribution is 5.85. The Hall–Kier alpha value is -1.57. The van der Waals surface area contributed by atoms with Crippen LogP contribution in [0.2, 0.25) is 0 Å². The molecule has 0 aliphatic heterocycles. The summed E-state index contributed by atoms with van der Waals surface area (Å²) < 4.78 is 0. The molecule has 0 saturated heterocycles. The molecule has 0 spiro atoms. The maximum atomic E-state index is 10.5. The van der Waals surface area contributed by atoms with E-state index in [1.807, 2.05) is 12.1 Å². The van der Waals surface area contributed by atoms with Crippen molar-refractivity contribution in [2.45, 2.75) is 38.0 Å². The molecule has 1 saturated carbocycles. The first-order valence-corrected chi connectivity index (χ1v) is 6.26. The molecule has 1 N–H and O–H groups in total. The van der Waals surface area contributed by atoms with Crippen LogP contribution in [0.4, 0.5) is 0 Å². The van der Waals surface area contributed by atoms with Crippen molar-refractivity contribution in [3.63, 3.8) is 0 Å². The highest BCUT2D eigenvalue weighted by atomic mass is 16.4. The number of rotatable bonds is 3. The molecule has 0 radical (unpaired) electrons. The molecule has 1 aromatic carbocycles. The third-order valence-electron chi connectivity index (χ3n) is 3.41. The monoisotopic (exact) mass is 230 g/mol. The molecule has 1 aliphatic carbocycles. The quantitative estimate of drug-likeness (QED) is 0.801. The van der Waals surface area contributed by atoms with Crippen molar-refractivity contribution < 1.29 is 9.90 Å². The minimum atomic E-state index is -0.895. The van der Waals surface area contributed by atoms with Gasteiger partial charge in [-0.15, -0.1) is 0 Å². The van der Waals surface area contributed by atoms with Crippen molar-refractivity contribution in [2.24, 2.45) is 0 Å². The van der Waals surface area contributed by atoms with Gasteiger partial charge in [0.2, 0.25) is 0 Å². The fraction of sp³-hybridized carbons (Fsp3) is 0.400. The van der Waals surface area contributed by atoms with Gasteiger partial charge in [-0.25, -0.2) is 4.79 Å². The van der Waals surface area contributed by atoms with Gasteiger partial charge in [0.15, 0.2) is 0 Å². The first kappa shape index (κ1) is 11.9. The molecule has 1 aliphatic rings. The van der Waals surface area contributed by atoms with Crippen LogP contribution in [0.25, 0.3) is 6.08 Å². The molecule has 0 heterocycles. The highest BCUT2D eigenvalue weighted by Gasteiger charge is 2.15. The summed E-state index contributed by atoms with van der Waals surface area (Å²) in [5, 5.41) is 8.61. The summed E-state index contributed by atoms with van der Waals surface area (Å²) in [6.45, 7) is 0. The molecule has 90 valence electrons. The number of carbonyl (C=O) groups is 1. The van der Waals surface area contributed by atoms with E-state index in [1.165, 1.54) is 43.7 Å². The average Bonchev–Trinajstić information content (AvgIpc) is 2.38. The molecule has 2 rings (SSSR count). The van der Waals surface area contributed by atoms with Gasteiger partial charge in [-0.1, -0.05) is 43.5 Å². The topological polar surface area (TPSA) is 37.3 Å². The van der Waals surface area contributed by atoms with Crippen molar-refractivity contribution in [3.8, 4) is 0 Å². The van der Waals surface area contributed by atoms with Gasteiger partial charge in [0.05, 0.1) is 0 Å². The summed E-state index contributed by atoms with van der Waals surface area (Å²) in [4.78, 5) is 10.5. The molecule has 1 aromatic rings. The van der Waals surface area contributed by atoms with Crippen molar-refractivity contribution >= 4 is 12.0 Å². The Morgan fingerprint density at radius 2 is 2.00 bits per heavy atom. The van der Waals surface area contributed by atoms with Crippen LogP contribution in [-0.2, 0) is 4.79 Å². The van der Waals surface area contributed by atoms with Crippen molar-refractivity contribution in [2.75, 3.05) is 0 Å². The Morgan fingerprint density at radius 1 is 1.24 bits per heavy atom. The molecule has 1 fully saturated rings. The van der Waals surface area contributed by atoms with Crippen molar-refractivity contribution in [1.29, 1.82) is 0 Å². The van der Waals surface area contributed by atoms with E-state index in [9.17, 15) is 4.79 Å². The van der Waals surface area contributed by atoms with Gasteiger partial charge in [-0.05, 0) is 36.0 Å². The van der Waals surface area contributed by atoms with Crippen LogP contribution >= 0.6 is 0 Å². The van der Waals surface area contributed by atoms with E-state index >= 15 is 0 Å². The molecule has 2 nitrogen and oxygen atoms in total. The average molecular weight is 230 g/mol. The minimum Gasteiger partial charge on any atom is -0.478 e. The molecule has 2 heteroatoms. The Bertz CT molecular complexity index is 415. The van der Waals surface area contributed by atoms with Crippen LogP contribution in [0.1, 0.15) is 49.1 Å². The van der Waals surface area contributed by atoms with E-state index < -0.39 is 5.97 Å². The number of hydrogen-bond donors (Lipinski definition) is 1. The molecular formula is C15H18O2.